The minimum absolute atomic E-state index is 0.0811. The molecular formula is C28H22F7NO3. The maximum Gasteiger partial charge on any atom is 0.435 e. The highest BCUT2D eigenvalue weighted by Gasteiger charge is 2.73. The van der Waals surface area contributed by atoms with E-state index in [0.29, 0.717) is 24.0 Å². The van der Waals surface area contributed by atoms with Crippen LogP contribution in [0.4, 0.5) is 36.4 Å². The number of Topliss-reactive ketones (excluding diaryl/α,β-unsaturated/α-hetero) is 1. The largest absolute Gasteiger partial charge is 0.435 e. The fourth-order valence-corrected chi connectivity index (χ4v) is 4.19. The minimum atomic E-state index is -6.26. The number of amides is 1. The van der Waals surface area contributed by atoms with Gasteiger partial charge in [-0.15, -0.1) is 0 Å². The van der Waals surface area contributed by atoms with E-state index in [1.54, 1.807) is 30.3 Å². The Morgan fingerprint density at radius 3 is 1.82 bits per heavy atom. The average Bonchev–Trinajstić information content (AvgIpc) is 2.87. The van der Waals surface area contributed by atoms with E-state index >= 15 is 0 Å². The van der Waals surface area contributed by atoms with Crippen LogP contribution in [0.25, 0.3) is 0 Å². The first-order valence-electron chi connectivity index (χ1n) is 11.5. The lowest BCUT2D eigenvalue weighted by Crippen LogP contribution is -2.50. The number of aldehydes is 1. The number of halogens is 7. The molecule has 0 aliphatic heterocycles. The summed E-state index contributed by atoms with van der Waals surface area (Å²) in [7, 11) is 0. The summed E-state index contributed by atoms with van der Waals surface area (Å²) in [5, 5.41) is 0. The lowest BCUT2D eigenvalue weighted by Gasteiger charge is -2.31. The summed E-state index contributed by atoms with van der Waals surface area (Å²) in [4.78, 5) is 38.4. The monoisotopic (exact) mass is 553 g/mol. The third kappa shape index (κ3) is 5.86. The Kier molecular flexibility index (Phi) is 8.33. The predicted molar refractivity (Wildman–Crippen MR) is 129 cm³/mol. The Morgan fingerprint density at radius 1 is 0.769 bits per heavy atom. The number of hydrogen-bond donors (Lipinski definition) is 0. The number of rotatable bonds is 8. The molecule has 0 unspecified atom stereocenters. The fraction of sp³-hybridized carbons (Fsp3) is 0.250. The SMILES string of the molecule is Cc1cc(C(F)(C(F)(F)F)C(F)(F)F)cc(C)c1CC(=O)c1cccc(N(CC=O)C(=O)c2ccccc2)c1. The third-order valence-corrected chi connectivity index (χ3v) is 6.22. The molecule has 1 amide bonds. The van der Waals surface area contributed by atoms with Crippen LogP contribution in [0.15, 0.2) is 66.7 Å². The number of benzene rings is 3. The van der Waals surface area contributed by atoms with Gasteiger partial charge in [0.25, 0.3) is 5.91 Å². The second-order valence-electron chi connectivity index (χ2n) is 8.84. The van der Waals surface area contributed by atoms with Gasteiger partial charge in [0.15, 0.2) is 5.78 Å². The van der Waals surface area contributed by atoms with Crippen LogP contribution in [0.3, 0.4) is 0 Å². The fourth-order valence-electron chi connectivity index (χ4n) is 4.19. The summed E-state index contributed by atoms with van der Waals surface area (Å²) in [5.74, 6) is -1.06. The van der Waals surface area contributed by atoms with Crippen LogP contribution in [-0.4, -0.2) is 36.9 Å². The van der Waals surface area contributed by atoms with Gasteiger partial charge in [-0.05, 0) is 54.8 Å². The molecule has 206 valence electrons. The molecule has 0 atom stereocenters. The lowest BCUT2D eigenvalue weighted by molar-refractivity contribution is -0.348. The average molecular weight is 553 g/mol. The standard InChI is InChI=1S/C28H22F7NO3/c1-17-13-21(26(29,27(30,31)32)28(33,34)35)14-18(2)23(17)16-24(38)20-9-6-10-22(15-20)36(11-12-37)25(39)19-7-4-3-5-8-19/h3-10,12-15H,11,16H2,1-2H3. The van der Waals surface area contributed by atoms with E-state index in [4.69, 9.17) is 0 Å². The molecule has 4 nitrogen and oxygen atoms in total. The molecule has 39 heavy (non-hydrogen) atoms. The number of hydrogen-bond acceptors (Lipinski definition) is 3. The minimum Gasteiger partial charge on any atom is -0.301 e. The van der Waals surface area contributed by atoms with Crippen molar-refractivity contribution in [1.29, 1.82) is 0 Å². The second kappa shape index (κ2) is 11.0. The van der Waals surface area contributed by atoms with Crippen LogP contribution >= 0.6 is 0 Å². The zero-order valence-electron chi connectivity index (χ0n) is 20.7. The Bertz CT molecular complexity index is 1340. The van der Waals surface area contributed by atoms with Crippen LogP contribution in [-0.2, 0) is 16.9 Å². The Balaban J connectivity index is 1.94. The molecule has 0 heterocycles. The van der Waals surface area contributed by atoms with Gasteiger partial charge in [-0.3, -0.25) is 9.59 Å². The van der Waals surface area contributed by atoms with Crippen LogP contribution in [0.1, 0.15) is 43.0 Å². The van der Waals surface area contributed by atoms with Crippen LogP contribution in [0.2, 0.25) is 0 Å². The zero-order chi connectivity index (χ0) is 29.2. The Hall–Kier alpha value is -4.02. The van der Waals surface area contributed by atoms with Gasteiger partial charge in [0.05, 0.1) is 6.54 Å². The van der Waals surface area contributed by atoms with E-state index in [-0.39, 0.29) is 34.5 Å². The highest BCUT2D eigenvalue weighted by molar-refractivity contribution is 6.08. The van der Waals surface area contributed by atoms with Gasteiger partial charge in [0.1, 0.15) is 6.29 Å². The third-order valence-electron chi connectivity index (χ3n) is 6.22. The molecule has 0 aliphatic rings. The van der Waals surface area contributed by atoms with Gasteiger partial charge in [0, 0.05) is 28.8 Å². The molecule has 0 spiro atoms. The number of anilines is 1. The number of carbonyl (C=O) groups excluding carboxylic acids is 3. The molecule has 0 fully saturated rings. The van der Waals surface area contributed by atoms with E-state index in [2.05, 4.69) is 0 Å². The first-order valence-corrected chi connectivity index (χ1v) is 11.5. The van der Waals surface area contributed by atoms with Crippen molar-refractivity contribution in [1.82, 2.24) is 0 Å². The Morgan fingerprint density at radius 2 is 1.31 bits per heavy atom. The molecule has 0 bridgehead atoms. The highest BCUT2D eigenvalue weighted by atomic mass is 19.4. The van der Waals surface area contributed by atoms with Gasteiger partial charge in [-0.1, -0.05) is 42.5 Å². The van der Waals surface area contributed by atoms with E-state index in [1.165, 1.54) is 38.1 Å². The zero-order valence-corrected chi connectivity index (χ0v) is 20.7. The number of carbonyl (C=O) groups is 3. The van der Waals surface area contributed by atoms with E-state index < -0.39 is 41.7 Å². The predicted octanol–water partition coefficient (Wildman–Crippen LogP) is 6.86. The molecule has 0 saturated carbocycles. The number of nitrogens with zero attached hydrogens (tertiary/aromatic N) is 1. The van der Waals surface area contributed by atoms with E-state index in [1.807, 2.05) is 0 Å². The molecule has 3 aromatic rings. The van der Waals surface area contributed by atoms with Gasteiger partial charge < -0.3 is 9.69 Å². The molecule has 0 aliphatic carbocycles. The summed E-state index contributed by atoms with van der Waals surface area (Å²) in [6.07, 6.45) is -12.4. The normalized spacial score (nSPS) is 12.2. The van der Waals surface area contributed by atoms with Crippen LogP contribution < -0.4 is 4.90 Å². The van der Waals surface area contributed by atoms with Crippen molar-refractivity contribution in [3.63, 3.8) is 0 Å². The Labute approximate surface area is 219 Å². The molecule has 3 rings (SSSR count). The summed E-state index contributed by atoms with van der Waals surface area (Å²) < 4.78 is 93.8. The van der Waals surface area contributed by atoms with Crippen molar-refractivity contribution in [2.75, 3.05) is 11.4 Å². The van der Waals surface area contributed by atoms with E-state index in [9.17, 15) is 45.1 Å². The maximum absolute atomic E-state index is 14.6. The van der Waals surface area contributed by atoms with Crippen molar-refractivity contribution in [2.24, 2.45) is 0 Å². The van der Waals surface area contributed by atoms with Crippen molar-refractivity contribution in [3.05, 3.63) is 100 Å². The molecule has 0 aromatic heterocycles. The van der Waals surface area contributed by atoms with Crippen molar-refractivity contribution >= 4 is 23.7 Å². The summed E-state index contributed by atoms with van der Waals surface area (Å²) in [6.45, 7) is 2.06. The number of alkyl halides is 7. The van der Waals surface area contributed by atoms with Gasteiger partial charge in [0.2, 0.25) is 0 Å². The smallest absolute Gasteiger partial charge is 0.301 e. The maximum atomic E-state index is 14.6. The molecule has 3 aromatic carbocycles. The number of ketones is 1. The first kappa shape index (κ1) is 29.5. The quantitative estimate of drug-likeness (QED) is 0.174. The van der Waals surface area contributed by atoms with Gasteiger partial charge in [-0.2, -0.15) is 26.3 Å². The number of aryl methyl sites for hydroxylation is 2. The first-order chi connectivity index (χ1) is 18.1. The molecule has 0 saturated heterocycles. The van der Waals surface area contributed by atoms with Crippen molar-refractivity contribution in [2.45, 2.75) is 38.3 Å². The van der Waals surface area contributed by atoms with Gasteiger partial charge in [-0.25, -0.2) is 4.39 Å². The summed E-state index contributed by atoms with van der Waals surface area (Å²) in [5.41, 5.74) is -6.74. The van der Waals surface area contributed by atoms with Crippen molar-refractivity contribution in [3.8, 4) is 0 Å². The summed E-state index contributed by atoms with van der Waals surface area (Å²) >= 11 is 0. The molecule has 0 N–H and O–H groups in total. The van der Waals surface area contributed by atoms with Crippen LogP contribution in [0, 0.1) is 13.8 Å². The topological polar surface area (TPSA) is 54.5 Å². The second-order valence-corrected chi connectivity index (χ2v) is 8.84. The van der Waals surface area contributed by atoms with Gasteiger partial charge >= 0.3 is 18.0 Å². The molecular weight excluding hydrogens is 531 g/mol. The summed E-state index contributed by atoms with van der Waals surface area (Å²) in [6, 6.07) is 14.7. The highest BCUT2D eigenvalue weighted by Crippen LogP contribution is 2.53. The molecule has 11 heteroatoms. The van der Waals surface area contributed by atoms with Crippen LogP contribution in [0.5, 0.6) is 0 Å². The lowest BCUT2D eigenvalue weighted by atomic mass is 9.87. The molecule has 0 radical (unpaired) electrons. The van der Waals surface area contributed by atoms with Crippen molar-refractivity contribution < 1.29 is 45.1 Å². The van der Waals surface area contributed by atoms with E-state index in [0.717, 1.165) is 4.90 Å².